The number of hydrogen-bond donors (Lipinski definition) is 5. The van der Waals surface area contributed by atoms with Gasteiger partial charge in [-0.2, -0.15) is 13.1 Å². The molecule has 0 amide bonds. The number of hydrogen-bond acceptors (Lipinski definition) is 15. The number of halogens is 1. The average Bonchev–Trinajstić information content (AvgIpc) is 3.73. The Morgan fingerprint density at radius 1 is 1.07 bits per heavy atom. The summed E-state index contributed by atoms with van der Waals surface area (Å²) in [6.45, 7) is -1.23. The van der Waals surface area contributed by atoms with Crippen molar-refractivity contribution in [3.05, 3.63) is 31.2 Å². The second-order valence-corrected chi connectivity index (χ2v) is 13.4. The van der Waals surface area contributed by atoms with Crippen molar-refractivity contribution in [3.8, 4) is 0 Å². The molecule has 0 radical (unpaired) electrons. The van der Waals surface area contributed by atoms with E-state index < -0.39 is 80.1 Å². The molecule has 7 rings (SSSR count). The van der Waals surface area contributed by atoms with Gasteiger partial charge < -0.3 is 30.8 Å². The monoisotopic (exact) mass is 656 g/mol. The standard InChI is InChI=1S/C22H26FN10O9PS/c23-13-18-12(40-22(13)33-8-29-14-10(24)1-2-26-20(14)33)5-39-43(35,36)41-17-9(4-31-44(37,38)42-18)3-11(16(17)34)32-7-30-15-19(25)27-6-28-21(15)32/h1-2,6-9,11-13,16-18,22,31,34H,3-5H2,(H2,24,26)(H,35,36)(H2,25,27,28). The molecule has 7 N–H and O–H groups in total. The lowest BCUT2D eigenvalue weighted by molar-refractivity contribution is -0.0514. The van der Waals surface area contributed by atoms with Gasteiger partial charge >= 0.3 is 18.1 Å². The van der Waals surface area contributed by atoms with E-state index in [-0.39, 0.29) is 40.3 Å². The van der Waals surface area contributed by atoms with Crippen LogP contribution < -0.4 is 16.2 Å². The number of aromatic nitrogens is 7. The molecule has 3 aliphatic rings. The second-order valence-electron chi connectivity index (χ2n) is 10.6. The Kier molecular flexibility index (Phi) is 7.06. The highest BCUT2D eigenvalue weighted by molar-refractivity contribution is 7.84. The molecule has 22 heteroatoms. The maximum atomic E-state index is 15.9. The predicted octanol–water partition coefficient (Wildman–Crippen LogP) is -0.672. The number of rotatable bonds is 2. The highest BCUT2D eigenvalue weighted by atomic mass is 32.2. The van der Waals surface area contributed by atoms with Crippen LogP contribution in [-0.4, -0.2) is 96.2 Å². The van der Waals surface area contributed by atoms with E-state index in [9.17, 15) is 23.0 Å². The highest BCUT2D eigenvalue weighted by Crippen LogP contribution is 2.51. The zero-order chi connectivity index (χ0) is 31.0. The van der Waals surface area contributed by atoms with Crippen LogP contribution in [-0.2, 0) is 32.8 Å². The van der Waals surface area contributed by atoms with Gasteiger partial charge in [0.1, 0.15) is 41.8 Å². The van der Waals surface area contributed by atoms with E-state index in [4.69, 9.17) is 29.4 Å². The zero-order valence-corrected chi connectivity index (χ0v) is 24.1. The topological polar surface area (TPSA) is 267 Å². The van der Waals surface area contributed by atoms with Gasteiger partial charge in [-0.1, -0.05) is 0 Å². The van der Waals surface area contributed by atoms with Gasteiger partial charge in [-0.15, -0.1) is 0 Å². The summed E-state index contributed by atoms with van der Waals surface area (Å²) in [6, 6.07) is 0.672. The fraction of sp³-hybridized carbons (Fsp3) is 0.500. The number of aliphatic hydroxyl groups is 1. The predicted molar refractivity (Wildman–Crippen MR) is 146 cm³/mol. The first kappa shape index (κ1) is 29.3. The van der Waals surface area contributed by atoms with Crippen molar-refractivity contribution >= 4 is 52.0 Å². The van der Waals surface area contributed by atoms with Crippen molar-refractivity contribution in [2.75, 3.05) is 24.6 Å². The molecule has 6 heterocycles. The third-order valence-electron chi connectivity index (χ3n) is 7.93. The number of phosphoric acid groups is 1. The molecule has 44 heavy (non-hydrogen) atoms. The van der Waals surface area contributed by atoms with Crippen LogP contribution >= 0.6 is 7.82 Å². The molecule has 9 unspecified atom stereocenters. The molecule has 9 atom stereocenters. The number of imidazole rings is 2. The molecule has 1 saturated carbocycles. The van der Waals surface area contributed by atoms with Gasteiger partial charge in [0.2, 0.25) is 0 Å². The number of alkyl halides is 1. The summed E-state index contributed by atoms with van der Waals surface area (Å²) in [4.78, 5) is 31.1. The first-order valence-corrected chi connectivity index (χ1v) is 16.1. The minimum atomic E-state index is -4.95. The lowest BCUT2D eigenvalue weighted by Crippen LogP contribution is -2.43. The minimum absolute atomic E-state index is 0.0382. The van der Waals surface area contributed by atoms with E-state index in [1.54, 1.807) is 0 Å². The van der Waals surface area contributed by atoms with Crippen LogP contribution in [0.25, 0.3) is 22.3 Å². The first-order chi connectivity index (χ1) is 20.9. The van der Waals surface area contributed by atoms with Crippen LogP contribution in [0.15, 0.2) is 31.2 Å². The van der Waals surface area contributed by atoms with Crippen LogP contribution in [0.2, 0.25) is 0 Å². The summed E-state index contributed by atoms with van der Waals surface area (Å²) in [5.41, 5.74) is 13.0. The summed E-state index contributed by atoms with van der Waals surface area (Å²) < 4.78 is 81.5. The van der Waals surface area contributed by atoms with Gasteiger partial charge in [0, 0.05) is 18.7 Å². The SMILES string of the molecule is Nc1ncnc2c1ncn2C1CC2CNS(=O)(=O)OC3C(COP(=O)(O)OC2C1O)OC(n1cnc2c(N)ccnc21)C3F. The summed E-state index contributed by atoms with van der Waals surface area (Å²) in [5.74, 6) is -0.781. The number of nitrogen functional groups attached to an aromatic ring is 2. The van der Waals surface area contributed by atoms with Crippen LogP contribution in [0, 0.1) is 5.92 Å². The summed E-state index contributed by atoms with van der Waals surface area (Å²) in [7, 11) is -9.59. The molecule has 4 aromatic rings. The second kappa shape index (κ2) is 10.6. The Hall–Kier alpha value is -3.40. The quantitative estimate of drug-likeness (QED) is 0.167. The molecule has 3 fully saturated rings. The number of nitrogens with zero attached hydrogens (tertiary/aromatic N) is 7. The van der Waals surface area contributed by atoms with Gasteiger partial charge in [0.05, 0.1) is 31.0 Å². The highest BCUT2D eigenvalue weighted by Gasteiger charge is 2.53. The molecule has 0 bridgehead atoms. The third-order valence-corrected chi connectivity index (χ3v) is 9.92. The Morgan fingerprint density at radius 2 is 1.82 bits per heavy atom. The number of nitrogens with one attached hydrogen (secondary N) is 1. The maximum Gasteiger partial charge on any atom is 0.472 e. The van der Waals surface area contributed by atoms with Gasteiger partial charge in [-0.25, -0.2) is 38.1 Å². The molecule has 19 nitrogen and oxygen atoms in total. The van der Waals surface area contributed by atoms with E-state index in [0.717, 1.165) is 0 Å². The smallest absolute Gasteiger partial charge is 0.397 e. The number of ether oxygens (including phenoxy) is 1. The number of aliphatic hydroxyl groups excluding tert-OH is 1. The van der Waals surface area contributed by atoms with E-state index >= 15 is 4.39 Å². The summed E-state index contributed by atoms with van der Waals surface area (Å²) >= 11 is 0. The van der Waals surface area contributed by atoms with Crippen molar-refractivity contribution < 1.29 is 45.3 Å². The number of phosphoric ester groups is 1. The van der Waals surface area contributed by atoms with E-state index in [1.807, 2.05) is 0 Å². The minimum Gasteiger partial charge on any atom is -0.397 e. The van der Waals surface area contributed by atoms with Gasteiger partial charge in [0.15, 0.2) is 29.5 Å². The molecule has 0 aromatic carbocycles. The van der Waals surface area contributed by atoms with Crippen molar-refractivity contribution in [2.24, 2.45) is 5.92 Å². The molecular weight excluding hydrogens is 630 g/mol. The Labute approximate surface area is 247 Å². The van der Waals surface area contributed by atoms with Crippen molar-refractivity contribution in [1.82, 2.24) is 38.8 Å². The fourth-order valence-corrected chi connectivity index (χ4v) is 7.88. The normalized spacial score (nSPS) is 36.1. The first-order valence-electron chi connectivity index (χ1n) is 13.2. The fourth-order valence-electron chi connectivity index (χ4n) is 5.87. The van der Waals surface area contributed by atoms with Crippen molar-refractivity contribution in [3.63, 3.8) is 0 Å². The van der Waals surface area contributed by atoms with Crippen LogP contribution in [0.4, 0.5) is 15.9 Å². The number of pyridine rings is 1. The third kappa shape index (κ3) is 4.99. The van der Waals surface area contributed by atoms with Crippen molar-refractivity contribution in [1.29, 1.82) is 0 Å². The molecule has 236 valence electrons. The molecule has 1 aliphatic carbocycles. The Morgan fingerprint density at radius 3 is 2.64 bits per heavy atom. The van der Waals surface area contributed by atoms with E-state index in [2.05, 4.69) is 29.6 Å². The van der Waals surface area contributed by atoms with Gasteiger partial charge in [-0.3, -0.25) is 13.6 Å². The van der Waals surface area contributed by atoms with Gasteiger partial charge in [-0.05, 0) is 12.5 Å². The number of fused-ring (bicyclic) bond motifs is 4. The Balaban J connectivity index is 1.17. The Bertz CT molecular complexity index is 1890. The lowest BCUT2D eigenvalue weighted by Gasteiger charge is -2.27. The van der Waals surface area contributed by atoms with Gasteiger partial charge in [0.25, 0.3) is 0 Å². The summed E-state index contributed by atoms with van der Waals surface area (Å²) in [5, 5.41) is 11.2. The lowest BCUT2D eigenvalue weighted by atomic mass is 10.1. The molecule has 0 spiro atoms. The van der Waals surface area contributed by atoms with E-state index in [1.165, 1.54) is 40.4 Å². The molecular formula is C22H26FN10O9PS. The molecule has 4 aromatic heterocycles. The number of nitrogens with two attached hydrogens (primary N) is 2. The molecule has 2 saturated heterocycles. The maximum absolute atomic E-state index is 15.9. The van der Waals surface area contributed by atoms with E-state index in [0.29, 0.717) is 0 Å². The largest absolute Gasteiger partial charge is 0.472 e. The molecule has 2 aliphatic heterocycles. The van der Waals surface area contributed by atoms with Crippen LogP contribution in [0.1, 0.15) is 18.7 Å². The number of anilines is 2. The average molecular weight is 657 g/mol. The van der Waals surface area contributed by atoms with Crippen LogP contribution in [0.3, 0.4) is 0 Å². The van der Waals surface area contributed by atoms with Crippen LogP contribution in [0.5, 0.6) is 0 Å². The summed E-state index contributed by atoms with van der Waals surface area (Å²) in [6.07, 6.45) is -4.58. The van der Waals surface area contributed by atoms with Crippen molar-refractivity contribution in [2.45, 2.75) is 49.3 Å². The zero-order valence-electron chi connectivity index (χ0n) is 22.4.